The Balaban J connectivity index is 1.64. The van der Waals surface area contributed by atoms with Gasteiger partial charge in [-0.2, -0.15) is 4.98 Å². The van der Waals surface area contributed by atoms with Gasteiger partial charge in [0.1, 0.15) is 11.5 Å². The third-order valence-electron chi connectivity index (χ3n) is 4.19. The summed E-state index contributed by atoms with van der Waals surface area (Å²) in [6, 6.07) is 9.52. The van der Waals surface area contributed by atoms with Crippen molar-refractivity contribution in [2.45, 2.75) is 26.9 Å². The summed E-state index contributed by atoms with van der Waals surface area (Å²) in [5.41, 5.74) is 1.74. The first-order chi connectivity index (χ1) is 13.3. The smallest absolute Gasteiger partial charge is 0.335 e. The zero-order valence-electron chi connectivity index (χ0n) is 15.3. The maximum absolute atomic E-state index is 11.5. The molecule has 0 spiro atoms. The topological polar surface area (TPSA) is 123 Å². The van der Waals surface area contributed by atoms with E-state index in [0.717, 1.165) is 5.56 Å². The van der Waals surface area contributed by atoms with E-state index in [9.17, 15) is 14.7 Å². The number of aromatic nitrogens is 2. The Kier molecular flexibility index (Phi) is 5.39. The first-order valence-corrected chi connectivity index (χ1v) is 8.45. The molecule has 2 aromatic carbocycles. The van der Waals surface area contributed by atoms with Crippen LogP contribution in [0.5, 0.6) is 11.5 Å². The zero-order chi connectivity index (χ0) is 20.3. The maximum Gasteiger partial charge on any atom is 0.335 e. The van der Waals surface area contributed by atoms with Crippen LogP contribution in [0.3, 0.4) is 0 Å². The molecule has 8 nitrogen and oxygen atoms in total. The number of phenols is 1. The Labute approximate surface area is 160 Å². The van der Waals surface area contributed by atoms with Gasteiger partial charge in [0.15, 0.2) is 18.2 Å². The Morgan fingerprint density at radius 1 is 1.14 bits per heavy atom. The summed E-state index contributed by atoms with van der Waals surface area (Å²) in [5.74, 6) is -0.222. The molecule has 0 saturated carbocycles. The number of ketones is 1. The van der Waals surface area contributed by atoms with E-state index in [1.807, 2.05) is 0 Å². The van der Waals surface area contributed by atoms with E-state index in [1.165, 1.54) is 25.1 Å². The second-order valence-electron chi connectivity index (χ2n) is 6.21. The van der Waals surface area contributed by atoms with Gasteiger partial charge in [0.05, 0.1) is 11.1 Å². The first kappa shape index (κ1) is 19.1. The Morgan fingerprint density at radius 3 is 2.50 bits per heavy atom. The number of carboxylic acid groups (broad SMARTS) is 1. The van der Waals surface area contributed by atoms with E-state index < -0.39 is 5.97 Å². The lowest BCUT2D eigenvalue weighted by Gasteiger charge is -2.10. The number of carbonyl (C=O) groups is 2. The summed E-state index contributed by atoms with van der Waals surface area (Å²) in [4.78, 5) is 26.6. The van der Waals surface area contributed by atoms with Gasteiger partial charge in [0.25, 0.3) is 5.89 Å². The molecule has 1 aromatic heterocycles. The van der Waals surface area contributed by atoms with Crippen molar-refractivity contribution in [2.75, 3.05) is 0 Å². The lowest BCUT2D eigenvalue weighted by Crippen LogP contribution is -2.01. The molecule has 0 amide bonds. The predicted octanol–water partition coefficient (Wildman–Crippen LogP) is 3.15. The van der Waals surface area contributed by atoms with E-state index in [1.54, 1.807) is 25.1 Å². The molecule has 0 aliphatic carbocycles. The van der Waals surface area contributed by atoms with Crippen LogP contribution in [0, 0.1) is 6.92 Å². The molecule has 1 heterocycles. The highest BCUT2D eigenvalue weighted by Gasteiger charge is 2.14. The lowest BCUT2D eigenvalue weighted by molar-refractivity contribution is 0.0696. The van der Waals surface area contributed by atoms with Crippen molar-refractivity contribution in [3.05, 3.63) is 70.4 Å². The van der Waals surface area contributed by atoms with Crippen molar-refractivity contribution in [3.8, 4) is 11.5 Å². The molecule has 0 saturated heterocycles. The molecule has 0 fully saturated rings. The number of benzene rings is 2. The number of rotatable bonds is 7. The molecule has 3 rings (SSSR count). The van der Waals surface area contributed by atoms with Gasteiger partial charge in [-0.15, -0.1) is 0 Å². The lowest BCUT2D eigenvalue weighted by atomic mass is 10.1. The van der Waals surface area contributed by atoms with Crippen LogP contribution in [0.2, 0.25) is 0 Å². The summed E-state index contributed by atoms with van der Waals surface area (Å²) in [6.45, 7) is 3.03. The number of hydrogen-bond donors (Lipinski definition) is 2. The number of Topliss-reactive ketones (excluding diaryl/α,β-unsaturated/α-hetero) is 1. The largest absolute Gasteiger partial charge is 0.507 e. The average Bonchev–Trinajstić information content (AvgIpc) is 3.10. The van der Waals surface area contributed by atoms with Gasteiger partial charge in [0.2, 0.25) is 0 Å². The monoisotopic (exact) mass is 382 g/mol. The fourth-order valence-corrected chi connectivity index (χ4v) is 2.63. The van der Waals surface area contributed by atoms with Crippen LogP contribution >= 0.6 is 0 Å². The van der Waals surface area contributed by atoms with Crippen molar-refractivity contribution in [2.24, 2.45) is 0 Å². The summed E-state index contributed by atoms with van der Waals surface area (Å²) >= 11 is 0. The number of aromatic carboxylic acids is 1. The first-order valence-electron chi connectivity index (χ1n) is 8.45. The molecular weight excluding hydrogens is 364 g/mol. The van der Waals surface area contributed by atoms with E-state index in [-0.39, 0.29) is 35.2 Å². The summed E-state index contributed by atoms with van der Waals surface area (Å²) < 4.78 is 10.8. The highest BCUT2D eigenvalue weighted by molar-refractivity contribution is 5.97. The molecule has 0 bridgehead atoms. The Hall–Kier alpha value is -3.68. The average molecular weight is 382 g/mol. The second-order valence-corrected chi connectivity index (χ2v) is 6.21. The minimum atomic E-state index is -0.983. The molecular formula is C20H18N2O6. The standard InChI is InChI=1S/C20H18N2O6/c1-11-16(8-7-15(12(2)23)19(11)24)27-10-18-21-17(22-28-18)9-13-3-5-14(6-4-13)20(25)26/h3-8,24H,9-10H2,1-2H3,(H,25,26). The van der Waals surface area contributed by atoms with Crippen molar-refractivity contribution in [1.29, 1.82) is 0 Å². The van der Waals surface area contributed by atoms with Crippen molar-refractivity contribution < 1.29 is 29.1 Å². The summed E-state index contributed by atoms with van der Waals surface area (Å²) in [7, 11) is 0. The molecule has 3 aromatic rings. The van der Waals surface area contributed by atoms with E-state index in [2.05, 4.69) is 10.1 Å². The molecule has 0 radical (unpaired) electrons. The van der Waals surface area contributed by atoms with Crippen LogP contribution in [0.4, 0.5) is 0 Å². The number of carbonyl (C=O) groups excluding carboxylic acids is 1. The minimum absolute atomic E-state index is 0.00461. The quantitative estimate of drug-likeness (QED) is 0.598. The predicted molar refractivity (Wildman–Crippen MR) is 97.7 cm³/mol. The van der Waals surface area contributed by atoms with E-state index in [0.29, 0.717) is 23.6 Å². The number of carboxylic acids is 1. The molecule has 2 N–H and O–H groups in total. The maximum atomic E-state index is 11.5. The molecule has 0 aliphatic rings. The number of hydrogen-bond acceptors (Lipinski definition) is 7. The number of aromatic hydroxyl groups is 1. The van der Waals surface area contributed by atoms with Gasteiger partial charge in [-0.3, -0.25) is 4.79 Å². The fourth-order valence-electron chi connectivity index (χ4n) is 2.63. The number of phenolic OH excluding ortho intramolecular Hbond substituents is 1. The minimum Gasteiger partial charge on any atom is -0.507 e. The Morgan fingerprint density at radius 2 is 1.86 bits per heavy atom. The van der Waals surface area contributed by atoms with Gasteiger partial charge in [-0.25, -0.2) is 4.79 Å². The van der Waals surface area contributed by atoms with Crippen LogP contribution < -0.4 is 4.74 Å². The highest BCUT2D eigenvalue weighted by Crippen LogP contribution is 2.31. The fraction of sp³-hybridized carbons (Fsp3) is 0.200. The molecule has 0 aliphatic heterocycles. The third-order valence-corrected chi connectivity index (χ3v) is 4.19. The zero-order valence-corrected chi connectivity index (χ0v) is 15.3. The van der Waals surface area contributed by atoms with Crippen molar-refractivity contribution in [3.63, 3.8) is 0 Å². The normalized spacial score (nSPS) is 10.6. The molecule has 0 atom stereocenters. The van der Waals surface area contributed by atoms with Crippen LogP contribution in [0.25, 0.3) is 0 Å². The molecule has 0 unspecified atom stereocenters. The molecule has 28 heavy (non-hydrogen) atoms. The van der Waals surface area contributed by atoms with Crippen LogP contribution in [-0.2, 0) is 13.0 Å². The van der Waals surface area contributed by atoms with Crippen LogP contribution in [0.1, 0.15) is 50.5 Å². The van der Waals surface area contributed by atoms with Crippen LogP contribution in [0.15, 0.2) is 40.9 Å². The molecule has 144 valence electrons. The summed E-state index contributed by atoms with van der Waals surface area (Å²) in [5, 5.41) is 22.9. The number of ether oxygens (including phenoxy) is 1. The van der Waals surface area contributed by atoms with Gasteiger partial charge < -0.3 is 19.5 Å². The second kappa shape index (κ2) is 7.91. The Bertz CT molecular complexity index is 1020. The van der Waals surface area contributed by atoms with Crippen molar-refractivity contribution in [1.82, 2.24) is 10.1 Å². The van der Waals surface area contributed by atoms with Gasteiger partial charge >= 0.3 is 5.97 Å². The molecule has 8 heteroatoms. The van der Waals surface area contributed by atoms with Gasteiger partial charge in [-0.05, 0) is 43.7 Å². The van der Waals surface area contributed by atoms with E-state index in [4.69, 9.17) is 14.4 Å². The summed E-state index contributed by atoms with van der Waals surface area (Å²) in [6.07, 6.45) is 0.385. The third kappa shape index (κ3) is 4.17. The van der Waals surface area contributed by atoms with Gasteiger partial charge in [0, 0.05) is 12.0 Å². The number of nitrogens with zero attached hydrogens (tertiary/aromatic N) is 2. The van der Waals surface area contributed by atoms with Crippen LogP contribution in [-0.4, -0.2) is 32.1 Å². The van der Waals surface area contributed by atoms with Crippen molar-refractivity contribution >= 4 is 11.8 Å². The SMILES string of the molecule is CC(=O)c1ccc(OCc2nc(Cc3ccc(C(=O)O)cc3)no2)c(C)c1O. The highest BCUT2D eigenvalue weighted by atomic mass is 16.5. The van der Waals surface area contributed by atoms with Gasteiger partial charge in [-0.1, -0.05) is 17.3 Å². The van der Waals surface area contributed by atoms with E-state index >= 15 is 0 Å².